The highest BCUT2D eigenvalue weighted by Crippen LogP contribution is 2.33. The molecule has 1 aromatic rings. The summed E-state index contributed by atoms with van der Waals surface area (Å²) in [6.45, 7) is 15.6. The molecule has 0 bridgehead atoms. The molecule has 0 fully saturated rings. The van der Waals surface area contributed by atoms with Gasteiger partial charge in [0.25, 0.3) is 5.72 Å². The smallest absolute Gasteiger partial charge is 0.364 e. The van der Waals surface area contributed by atoms with Crippen LogP contribution in [0.2, 0.25) is 0 Å². The fourth-order valence-corrected chi connectivity index (χ4v) is 3.07. The summed E-state index contributed by atoms with van der Waals surface area (Å²) in [7, 11) is 0. The third kappa shape index (κ3) is 8.65. The number of aliphatic carboxylic acids is 1. The summed E-state index contributed by atoms with van der Waals surface area (Å²) in [6.07, 6.45) is -0.263. The van der Waals surface area contributed by atoms with Crippen LogP contribution >= 0.6 is 0 Å². The lowest BCUT2D eigenvalue weighted by Gasteiger charge is -2.32. The molecule has 0 aliphatic carbocycles. The topological polar surface area (TPSA) is 128 Å². The number of carboxylic acid groups (broad SMARTS) is 1. The summed E-state index contributed by atoms with van der Waals surface area (Å²) in [5, 5.41) is 12.7. The molecular weight excluding hydrogens is 454 g/mol. The van der Waals surface area contributed by atoms with Gasteiger partial charge in [-0.2, -0.15) is 0 Å². The normalized spacial score (nSPS) is 14.9. The Kier molecular flexibility index (Phi) is 10.9. The van der Waals surface area contributed by atoms with Crippen molar-refractivity contribution in [1.29, 1.82) is 0 Å². The van der Waals surface area contributed by atoms with Crippen LogP contribution in [0, 0.1) is 23.7 Å². The molecule has 35 heavy (non-hydrogen) atoms. The Morgan fingerprint density at radius 3 is 1.74 bits per heavy atom. The number of benzene rings is 1. The Labute approximate surface area is 207 Å². The second kappa shape index (κ2) is 12.7. The van der Waals surface area contributed by atoms with Crippen LogP contribution in [0.3, 0.4) is 0 Å². The second-order valence-corrected chi connectivity index (χ2v) is 9.89. The van der Waals surface area contributed by atoms with Gasteiger partial charge in [-0.25, -0.2) is 4.79 Å². The first-order chi connectivity index (χ1) is 16.1. The van der Waals surface area contributed by atoms with E-state index in [0.717, 1.165) is 6.92 Å². The fourth-order valence-electron chi connectivity index (χ4n) is 3.07. The van der Waals surface area contributed by atoms with Crippen LogP contribution in [-0.2, 0) is 30.3 Å². The van der Waals surface area contributed by atoms with Crippen molar-refractivity contribution in [3.63, 3.8) is 0 Å². The van der Waals surface area contributed by atoms with Gasteiger partial charge in [-0.3, -0.25) is 19.7 Å². The van der Waals surface area contributed by atoms with Crippen molar-refractivity contribution >= 4 is 23.9 Å². The maximum atomic E-state index is 12.7. The molecule has 1 rings (SSSR count). The number of hydrogen-bond acceptors (Lipinski definition) is 8. The van der Waals surface area contributed by atoms with E-state index in [0.29, 0.717) is 5.56 Å². The van der Waals surface area contributed by atoms with Gasteiger partial charge < -0.3 is 19.3 Å². The zero-order valence-electron chi connectivity index (χ0n) is 22.1. The Balaban J connectivity index is 3.48. The number of ether oxygens (including phenoxy) is 3. The predicted molar refractivity (Wildman–Crippen MR) is 130 cm³/mol. The maximum absolute atomic E-state index is 12.7. The quantitative estimate of drug-likeness (QED) is 0.252. The van der Waals surface area contributed by atoms with Crippen molar-refractivity contribution in [2.75, 3.05) is 0 Å². The van der Waals surface area contributed by atoms with Gasteiger partial charge in [-0.05, 0) is 43.4 Å². The third-order valence-corrected chi connectivity index (χ3v) is 5.81. The van der Waals surface area contributed by atoms with Gasteiger partial charge in [-0.15, -0.1) is 0 Å². The zero-order valence-corrected chi connectivity index (χ0v) is 22.1. The third-order valence-electron chi connectivity index (χ3n) is 5.81. The lowest BCUT2D eigenvalue weighted by Crippen LogP contribution is -2.59. The minimum atomic E-state index is -2.04. The maximum Gasteiger partial charge on any atom is 0.364 e. The van der Waals surface area contributed by atoms with Crippen molar-refractivity contribution in [3.8, 4) is 11.5 Å². The molecular formula is C26H39NO8. The van der Waals surface area contributed by atoms with E-state index < -0.39 is 41.4 Å². The summed E-state index contributed by atoms with van der Waals surface area (Å²) >= 11 is 0. The van der Waals surface area contributed by atoms with E-state index in [4.69, 9.17) is 14.2 Å². The van der Waals surface area contributed by atoms with E-state index in [-0.39, 0.29) is 35.8 Å². The fraction of sp³-hybridized carbons (Fsp3) is 0.615. The molecule has 0 heterocycles. The highest BCUT2D eigenvalue weighted by atomic mass is 16.6. The molecule has 2 N–H and O–H groups in total. The number of hydrogen-bond donors (Lipinski definition) is 2. The number of esters is 3. The van der Waals surface area contributed by atoms with Gasteiger partial charge in [0.15, 0.2) is 11.5 Å². The van der Waals surface area contributed by atoms with Crippen molar-refractivity contribution in [1.82, 2.24) is 5.32 Å². The first-order valence-electron chi connectivity index (χ1n) is 11.9. The molecule has 196 valence electrons. The second-order valence-electron chi connectivity index (χ2n) is 9.89. The molecule has 1 aromatic carbocycles. The Hall–Kier alpha value is -2.94. The minimum absolute atomic E-state index is 0.0107. The average molecular weight is 494 g/mol. The van der Waals surface area contributed by atoms with Crippen LogP contribution in [0.25, 0.3) is 0 Å². The van der Waals surface area contributed by atoms with Crippen LogP contribution in [-0.4, -0.2) is 40.8 Å². The van der Waals surface area contributed by atoms with E-state index in [1.54, 1.807) is 27.7 Å². The van der Waals surface area contributed by atoms with E-state index in [2.05, 4.69) is 5.32 Å². The Bertz CT molecular complexity index is 924. The molecule has 3 atom stereocenters. The first kappa shape index (κ1) is 30.1. The summed E-state index contributed by atoms with van der Waals surface area (Å²) in [6, 6.07) is 4.08. The summed E-state index contributed by atoms with van der Waals surface area (Å²) in [4.78, 5) is 49.2. The predicted octanol–water partition coefficient (Wildman–Crippen LogP) is 3.97. The van der Waals surface area contributed by atoms with Crippen molar-refractivity contribution < 1.29 is 38.5 Å². The van der Waals surface area contributed by atoms with E-state index in [1.165, 1.54) is 18.2 Å². The number of carbonyl (C=O) groups is 4. The molecule has 0 aromatic heterocycles. The standard InChI is InChI=1S/C26H39NO8/c1-14(2)17(7)23(29)33-21-11-10-20(12-22(21)34-24(30)18(8)15(3)4)13-26(25(31)32,27-16(5)6)35-19(9)28/h10-12,14-18,27H,13H2,1-9H3,(H,31,32)/t17?,18?,26-/m0/s1. The molecule has 0 amide bonds. The van der Waals surface area contributed by atoms with Gasteiger partial charge >= 0.3 is 23.9 Å². The van der Waals surface area contributed by atoms with Gasteiger partial charge in [0.05, 0.1) is 11.8 Å². The van der Waals surface area contributed by atoms with Crippen molar-refractivity contribution in [3.05, 3.63) is 23.8 Å². The molecule has 9 heteroatoms. The minimum Gasteiger partial charge on any atom is -0.477 e. The van der Waals surface area contributed by atoms with Gasteiger partial charge in [0.1, 0.15) is 0 Å². The molecule has 0 saturated heterocycles. The zero-order chi connectivity index (χ0) is 27.1. The molecule has 0 saturated carbocycles. The summed E-state index contributed by atoms with van der Waals surface area (Å²) < 4.78 is 16.3. The van der Waals surface area contributed by atoms with Crippen LogP contribution < -0.4 is 14.8 Å². The SMILES string of the molecule is CC(=O)O[C@](Cc1ccc(OC(=O)C(C)C(C)C)c(OC(=O)C(C)C(C)C)c1)(NC(C)C)C(=O)O. The van der Waals surface area contributed by atoms with Crippen molar-refractivity contribution in [2.45, 2.75) is 80.5 Å². The van der Waals surface area contributed by atoms with Gasteiger partial charge in [0.2, 0.25) is 0 Å². The van der Waals surface area contributed by atoms with E-state index in [1.807, 2.05) is 27.7 Å². The van der Waals surface area contributed by atoms with Crippen LogP contribution in [0.1, 0.15) is 67.9 Å². The highest BCUT2D eigenvalue weighted by molar-refractivity contribution is 5.82. The molecule has 0 aliphatic heterocycles. The number of rotatable bonds is 12. The van der Waals surface area contributed by atoms with Crippen LogP contribution in [0.5, 0.6) is 11.5 Å². The van der Waals surface area contributed by atoms with Crippen LogP contribution in [0.15, 0.2) is 18.2 Å². The monoisotopic (exact) mass is 493 g/mol. The number of carbonyl (C=O) groups excluding carboxylic acids is 3. The lowest BCUT2D eigenvalue weighted by molar-refractivity contribution is -0.182. The largest absolute Gasteiger partial charge is 0.477 e. The number of nitrogens with one attached hydrogen (secondary N) is 1. The van der Waals surface area contributed by atoms with Crippen molar-refractivity contribution in [2.24, 2.45) is 23.7 Å². The first-order valence-corrected chi connectivity index (χ1v) is 11.9. The molecule has 9 nitrogen and oxygen atoms in total. The molecule has 0 spiro atoms. The number of carboxylic acids is 1. The summed E-state index contributed by atoms with van der Waals surface area (Å²) in [5.74, 6) is -3.91. The molecule has 0 aliphatic rings. The van der Waals surface area contributed by atoms with Crippen LogP contribution in [0.4, 0.5) is 0 Å². The molecule has 0 radical (unpaired) electrons. The van der Waals surface area contributed by atoms with Gasteiger partial charge in [0, 0.05) is 19.4 Å². The van der Waals surface area contributed by atoms with E-state index in [9.17, 15) is 24.3 Å². The highest BCUT2D eigenvalue weighted by Gasteiger charge is 2.43. The summed E-state index contributed by atoms with van der Waals surface area (Å²) in [5.41, 5.74) is -1.66. The van der Waals surface area contributed by atoms with Gasteiger partial charge in [-0.1, -0.05) is 47.6 Å². The molecule has 2 unspecified atom stereocenters. The Morgan fingerprint density at radius 1 is 0.857 bits per heavy atom. The average Bonchev–Trinajstić information content (AvgIpc) is 2.72. The van der Waals surface area contributed by atoms with E-state index >= 15 is 0 Å². The Morgan fingerprint density at radius 2 is 1.34 bits per heavy atom. The lowest BCUT2D eigenvalue weighted by atomic mass is 9.98.